The molecule has 0 radical (unpaired) electrons. The van der Waals surface area contributed by atoms with E-state index in [1.807, 2.05) is 6.07 Å². The summed E-state index contributed by atoms with van der Waals surface area (Å²) in [4.78, 5) is 15.3. The molecule has 0 aliphatic carbocycles. The maximum atomic E-state index is 11.4. The first kappa shape index (κ1) is 15.1. The summed E-state index contributed by atoms with van der Waals surface area (Å²) in [6.45, 7) is 3.36. The van der Waals surface area contributed by atoms with Gasteiger partial charge in [-0.1, -0.05) is 6.07 Å². The van der Waals surface area contributed by atoms with Crippen LogP contribution in [-0.2, 0) is 0 Å². The number of hydrogen-bond donors (Lipinski definition) is 0. The topological polar surface area (TPSA) is 92.7 Å². The van der Waals surface area contributed by atoms with E-state index in [9.17, 15) is 10.1 Å². The van der Waals surface area contributed by atoms with Crippen molar-refractivity contribution >= 4 is 17.6 Å². The summed E-state index contributed by atoms with van der Waals surface area (Å²) >= 11 is 0. The van der Waals surface area contributed by atoms with Gasteiger partial charge in [0.15, 0.2) is 0 Å². The maximum Gasteiger partial charge on any atom is 0.293 e. The van der Waals surface area contributed by atoms with Crippen molar-refractivity contribution in [1.29, 1.82) is 0 Å². The van der Waals surface area contributed by atoms with Crippen LogP contribution in [-0.4, -0.2) is 64.1 Å². The molecule has 9 heteroatoms. The molecule has 0 amide bonds. The van der Waals surface area contributed by atoms with Crippen LogP contribution in [0.5, 0.6) is 0 Å². The van der Waals surface area contributed by atoms with Gasteiger partial charge in [-0.3, -0.25) is 10.1 Å². The summed E-state index contributed by atoms with van der Waals surface area (Å²) < 4.78 is 1.43. The summed E-state index contributed by atoms with van der Waals surface area (Å²) in [7, 11) is 2.05. The van der Waals surface area contributed by atoms with Crippen LogP contribution < -0.4 is 4.90 Å². The Morgan fingerprint density at radius 2 is 1.91 bits per heavy atom. The van der Waals surface area contributed by atoms with Gasteiger partial charge in [-0.25, -0.2) is 4.68 Å². The molecule has 0 spiro atoms. The fourth-order valence-electron chi connectivity index (χ4n) is 2.47. The van der Waals surface area contributed by atoms with E-state index in [-0.39, 0.29) is 10.6 Å². The molecular formula is C14H17N7O2. The SMILES string of the molecule is CN1CCN(c2ccc(/C=N/n3cnnc3)cc2[N+](=O)[O-])CC1. The zero-order valence-electron chi connectivity index (χ0n) is 12.7. The molecule has 3 rings (SSSR count). The van der Waals surface area contributed by atoms with Crippen LogP contribution in [0.4, 0.5) is 11.4 Å². The lowest BCUT2D eigenvalue weighted by Crippen LogP contribution is -2.44. The van der Waals surface area contributed by atoms with Crippen molar-refractivity contribution in [3.8, 4) is 0 Å². The van der Waals surface area contributed by atoms with Crippen molar-refractivity contribution in [2.45, 2.75) is 0 Å². The number of hydrogen-bond acceptors (Lipinski definition) is 7. The van der Waals surface area contributed by atoms with Gasteiger partial charge in [0.1, 0.15) is 18.3 Å². The third-order valence-electron chi connectivity index (χ3n) is 3.79. The van der Waals surface area contributed by atoms with E-state index >= 15 is 0 Å². The summed E-state index contributed by atoms with van der Waals surface area (Å²) in [5.74, 6) is 0. The molecule has 120 valence electrons. The van der Waals surface area contributed by atoms with Crippen LogP contribution in [0.25, 0.3) is 0 Å². The fourth-order valence-corrected chi connectivity index (χ4v) is 2.47. The van der Waals surface area contributed by atoms with Crippen molar-refractivity contribution in [3.05, 3.63) is 46.5 Å². The summed E-state index contributed by atoms with van der Waals surface area (Å²) in [5.41, 5.74) is 1.41. The standard InChI is InChI=1S/C14H17N7O2/c1-18-4-6-19(7-5-18)13-3-2-12(8-14(13)21(22)23)9-17-20-10-15-16-11-20/h2-3,8-11H,4-7H2,1H3/b17-9+. The van der Waals surface area contributed by atoms with Crippen molar-refractivity contribution in [2.75, 3.05) is 38.1 Å². The van der Waals surface area contributed by atoms with Crippen LogP contribution in [0.15, 0.2) is 36.0 Å². The molecule has 2 heterocycles. The van der Waals surface area contributed by atoms with Crippen LogP contribution in [0, 0.1) is 10.1 Å². The van der Waals surface area contributed by atoms with Gasteiger partial charge in [-0.05, 0) is 13.1 Å². The van der Waals surface area contributed by atoms with Crippen molar-refractivity contribution in [2.24, 2.45) is 5.10 Å². The first-order valence-corrected chi connectivity index (χ1v) is 7.24. The number of likely N-dealkylation sites (N-methyl/N-ethyl adjacent to an activating group) is 1. The normalized spacial score (nSPS) is 16.1. The van der Waals surface area contributed by atoms with Crippen LogP contribution in [0.1, 0.15) is 5.56 Å². The van der Waals surface area contributed by atoms with Gasteiger partial charge in [0, 0.05) is 37.8 Å². The predicted molar refractivity (Wildman–Crippen MR) is 85.8 cm³/mol. The molecule has 0 atom stereocenters. The Hall–Kier alpha value is -2.81. The number of piperazine rings is 1. The van der Waals surface area contributed by atoms with Gasteiger partial charge in [-0.15, -0.1) is 10.2 Å². The first-order chi connectivity index (χ1) is 11.1. The average Bonchev–Trinajstić information content (AvgIpc) is 3.07. The van der Waals surface area contributed by atoms with Gasteiger partial charge in [0.2, 0.25) is 0 Å². The highest BCUT2D eigenvalue weighted by atomic mass is 16.6. The Bertz CT molecular complexity index is 706. The lowest BCUT2D eigenvalue weighted by Gasteiger charge is -2.33. The van der Waals surface area contributed by atoms with E-state index in [2.05, 4.69) is 32.1 Å². The Kier molecular flexibility index (Phi) is 4.29. The number of anilines is 1. The molecule has 2 aromatic rings. The summed E-state index contributed by atoms with van der Waals surface area (Å²) in [6, 6.07) is 5.16. The van der Waals surface area contributed by atoms with Crippen molar-refractivity contribution < 1.29 is 4.92 Å². The monoisotopic (exact) mass is 315 g/mol. The number of rotatable bonds is 4. The van der Waals surface area contributed by atoms with Crippen molar-refractivity contribution in [3.63, 3.8) is 0 Å². The minimum absolute atomic E-state index is 0.0993. The van der Waals surface area contributed by atoms with E-state index in [1.165, 1.54) is 17.3 Å². The fraction of sp³-hybridized carbons (Fsp3) is 0.357. The minimum atomic E-state index is -0.343. The Labute approximate surface area is 133 Å². The molecule has 0 unspecified atom stereocenters. The van der Waals surface area contributed by atoms with Gasteiger partial charge in [0.05, 0.1) is 11.1 Å². The highest BCUT2D eigenvalue weighted by Crippen LogP contribution is 2.29. The maximum absolute atomic E-state index is 11.4. The second-order valence-corrected chi connectivity index (χ2v) is 5.38. The quantitative estimate of drug-likeness (QED) is 0.471. The van der Waals surface area contributed by atoms with E-state index in [0.29, 0.717) is 11.3 Å². The van der Waals surface area contributed by atoms with Gasteiger partial charge in [0.25, 0.3) is 5.69 Å². The summed E-state index contributed by atoms with van der Waals surface area (Å²) in [5, 5.41) is 22.8. The van der Waals surface area contributed by atoms with E-state index < -0.39 is 0 Å². The van der Waals surface area contributed by atoms with E-state index in [4.69, 9.17) is 0 Å². The molecule has 1 aromatic heterocycles. The molecule has 23 heavy (non-hydrogen) atoms. The highest BCUT2D eigenvalue weighted by Gasteiger charge is 2.22. The molecular weight excluding hydrogens is 298 g/mol. The van der Waals surface area contributed by atoms with Crippen LogP contribution in [0.2, 0.25) is 0 Å². The molecule has 0 bridgehead atoms. The second kappa shape index (κ2) is 6.53. The first-order valence-electron chi connectivity index (χ1n) is 7.24. The van der Waals surface area contributed by atoms with E-state index in [0.717, 1.165) is 26.2 Å². The van der Waals surface area contributed by atoms with E-state index in [1.54, 1.807) is 18.3 Å². The third kappa shape index (κ3) is 3.51. The zero-order chi connectivity index (χ0) is 16.2. The third-order valence-corrected chi connectivity index (χ3v) is 3.79. The van der Waals surface area contributed by atoms with Gasteiger partial charge < -0.3 is 9.80 Å². The molecule has 0 N–H and O–H groups in total. The number of benzene rings is 1. The number of nitrogens with zero attached hydrogens (tertiary/aromatic N) is 7. The molecule has 9 nitrogen and oxygen atoms in total. The van der Waals surface area contributed by atoms with Crippen molar-refractivity contribution in [1.82, 2.24) is 19.8 Å². The Morgan fingerprint density at radius 1 is 1.22 bits per heavy atom. The lowest BCUT2D eigenvalue weighted by molar-refractivity contribution is -0.384. The molecule has 1 saturated heterocycles. The molecule has 1 aliphatic rings. The summed E-state index contributed by atoms with van der Waals surface area (Å²) in [6.07, 6.45) is 4.44. The van der Waals surface area contributed by atoms with Gasteiger partial charge >= 0.3 is 0 Å². The molecule has 1 aromatic carbocycles. The van der Waals surface area contributed by atoms with Gasteiger partial charge in [-0.2, -0.15) is 5.10 Å². The number of nitro groups is 1. The average molecular weight is 315 g/mol. The highest BCUT2D eigenvalue weighted by molar-refractivity contribution is 5.83. The number of nitro benzene ring substituents is 1. The molecule has 0 saturated carbocycles. The molecule has 1 aliphatic heterocycles. The zero-order valence-corrected chi connectivity index (χ0v) is 12.7. The smallest absolute Gasteiger partial charge is 0.293 e. The molecule has 1 fully saturated rings. The Morgan fingerprint density at radius 3 is 2.57 bits per heavy atom. The largest absolute Gasteiger partial charge is 0.363 e. The predicted octanol–water partition coefficient (Wildman–Crippen LogP) is 0.820. The second-order valence-electron chi connectivity index (χ2n) is 5.38. The minimum Gasteiger partial charge on any atom is -0.363 e. The lowest BCUT2D eigenvalue weighted by atomic mass is 10.1. The number of aromatic nitrogens is 3. The Balaban J connectivity index is 1.85. The van der Waals surface area contributed by atoms with Crippen LogP contribution >= 0.6 is 0 Å². The van der Waals surface area contributed by atoms with Crippen LogP contribution in [0.3, 0.4) is 0 Å².